The van der Waals surface area contributed by atoms with Gasteiger partial charge in [-0.3, -0.25) is 9.59 Å². The van der Waals surface area contributed by atoms with Crippen LogP contribution in [-0.4, -0.2) is 11.6 Å². The highest BCUT2D eigenvalue weighted by Gasteiger charge is 2.29. The van der Waals surface area contributed by atoms with Crippen LogP contribution in [-0.2, 0) is 9.59 Å². The number of carbonyl (C=O) groups excluding carboxylic acids is 2. The van der Waals surface area contributed by atoms with Gasteiger partial charge in [0.2, 0.25) is 0 Å². The highest BCUT2D eigenvalue weighted by atomic mass is 35.5. The number of benzene rings is 2. The molecule has 1 unspecified atom stereocenters. The Bertz CT molecular complexity index is 875. The van der Waals surface area contributed by atoms with E-state index in [0.717, 1.165) is 11.1 Å². The summed E-state index contributed by atoms with van der Waals surface area (Å²) in [5.74, 6) is -0.381. The Balaban J connectivity index is 2.07. The first kappa shape index (κ1) is 17.7. The summed E-state index contributed by atoms with van der Waals surface area (Å²) in [7, 11) is 0. The topological polar surface area (TPSA) is 34.1 Å². The quantitative estimate of drug-likeness (QED) is 0.654. The molecular weight excluding hydrogens is 355 g/mol. The Kier molecular flexibility index (Phi) is 5.22. The highest BCUT2D eigenvalue weighted by Crippen LogP contribution is 2.37. The molecule has 2 nitrogen and oxygen atoms in total. The van der Waals surface area contributed by atoms with Crippen molar-refractivity contribution in [3.63, 3.8) is 0 Å². The molecule has 126 valence electrons. The standard InChI is InChI=1S/C21H16Cl2O2/c1-13(24)16-11-19(15-4-8-18(23)9-5-15)20(21(25)12-16)10-14-2-6-17(22)7-3-14/h2-10,12,19H,11H2,1H3/b20-10-. The second kappa shape index (κ2) is 7.38. The van der Waals surface area contributed by atoms with Gasteiger partial charge in [0.15, 0.2) is 11.6 Å². The number of hydrogen-bond acceptors (Lipinski definition) is 2. The number of ketones is 2. The van der Waals surface area contributed by atoms with E-state index in [2.05, 4.69) is 0 Å². The maximum absolute atomic E-state index is 12.7. The van der Waals surface area contributed by atoms with Gasteiger partial charge in [0.05, 0.1) is 0 Å². The van der Waals surface area contributed by atoms with E-state index >= 15 is 0 Å². The molecular formula is C21H16Cl2O2. The van der Waals surface area contributed by atoms with E-state index in [0.29, 0.717) is 27.6 Å². The fourth-order valence-electron chi connectivity index (χ4n) is 2.95. The zero-order valence-corrected chi connectivity index (χ0v) is 15.1. The van der Waals surface area contributed by atoms with Gasteiger partial charge in [-0.15, -0.1) is 0 Å². The summed E-state index contributed by atoms with van der Waals surface area (Å²) >= 11 is 11.9. The summed E-state index contributed by atoms with van der Waals surface area (Å²) in [5, 5.41) is 1.28. The summed E-state index contributed by atoms with van der Waals surface area (Å²) in [4.78, 5) is 24.5. The van der Waals surface area contributed by atoms with Crippen molar-refractivity contribution in [3.8, 4) is 0 Å². The summed E-state index contributed by atoms with van der Waals surface area (Å²) in [6, 6.07) is 14.7. The third-order valence-corrected chi connectivity index (χ3v) is 4.81. The Morgan fingerprint density at radius 3 is 2.12 bits per heavy atom. The predicted molar refractivity (Wildman–Crippen MR) is 102 cm³/mol. The van der Waals surface area contributed by atoms with Crippen molar-refractivity contribution in [2.24, 2.45) is 0 Å². The molecule has 0 spiro atoms. The van der Waals surface area contributed by atoms with Gasteiger partial charge < -0.3 is 0 Å². The van der Waals surface area contributed by atoms with Gasteiger partial charge in [0.25, 0.3) is 0 Å². The van der Waals surface area contributed by atoms with Crippen molar-refractivity contribution in [1.82, 2.24) is 0 Å². The third-order valence-electron chi connectivity index (χ3n) is 4.31. The molecule has 2 aromatic carbocycles. The first-order valence-electron chi connectivity index (χ1n) is 7.92. The van der Waals surface area contributed by atoms with Crippen molar-refractivity contribution >= 4 is 40.8 Å². The van der Waals surface area contributed by atoms with Crippen LogP contribution < -0.4 is 0 Å². The van der Waals surface area contributed by atoms with Crippen molar-refractivity contribution < 1.29 is 9.59 Å². The zero-order valence-electron chi connectivity index (χ0n) is 13.6. The van der Waals surface area contributed by atoms with E-state index in [4.69, 9.17) is 23.2 Å². The average Bonchev–Trinajstić information content (AvgIpc) is 2.59. The largest absolute Gasteiger partial charge is 0.295 e. The molecule has 1 atom stereocenters. The van der Waals surface area contributed by atoms with E-state index in [1.165, 1.54) is 13.0 Å². The molecule has 0 aliphatic heterocycles. The molecule has 25 heavy (non-hydrogen) atoms. The van der Waals surface area contributed by atoms with E-state index in [1.54, 1.807) is 24.3 Å². The second-order valence-corrected chi connectivity index (χ2v) is 6.92. The van der Waals surface area contributed by atoms with Gasteiger partial charge in [-0.2, -0.15) is 0 Å². The van der Waals surface area contributed by atoms with Gasteiger partial charge in [-0.1, -0.05) is 47.5 Å². The first-order valence-corrected chi connectivity index (χ1v) is 8.68. The Morgan fingerprint density at radius 1 is 1.00 bits per heavy atom. The molecule has 0 saturated carbocycles. The SMILES string of the molecule is CC(=O)C1=CC(=O)/C(=C\c2ccc(Cl)cc2)C(c2ccc(Cl)cc2)C1. The lowest BCUT2D eigenvalue weighted by Crippen LogP contribution is -2.19. The number of carbonyl (C=O) groups is 2. The number of hydrogen-bond donors (Lipinski definition) is 0. The average molecular weight is 371 g/mol. The monoisotopic (exact) mass is 370 g/mol. The van der Waals surface area contributed by atoms with E-state index < -0.39 is 0 Å². The van der Waals surface area contributed by atoms with Crippen LogP contribution in [0.25, 0.3) is 6.08 Å². The summed E-state index contributed by atoms with van der Waals surface area (Å²) < 4.78 is 0. The van der Waals surface area contributed by atoms with E-state index in [9.17, 15) is 9.59 Å². The first-order chi connectivity index (χ1) is 11.9. The second-order valence-electron chi connectivity index (χ2n) is 6.05. The highest BCUT2D eigenvalue weighted by molar-refractivity contribution is 6.30. The molecule has 4 heteroatoms. The van der Waals surface area contributed by atoms with Crippen molar-refractivity contribution in [2.75, 3.05) is 0 Å². The summed E-state index contributed by atoms with van der Waals surface area (Å²) in [5.41, 5.74) is 3.07. The molecule has 1 aliphatic rings. The lowest BCUT2D eigenvalue weighted by molar-refractivity contribution is -0.115. The number of Topliss-reactive ketones (excluding diaryl/α,β-unsaturated/α-hetero) is 1. The van der Waals surface area contributed by atoms with Gasteiger partial charge >= 0.3 is 0 Å². The van der Waals surface area contributed by atoms with Crippen molar-refractivity contribution in [2.45, 2.75) is 19.3 Å². The predicted octanol–water partition coefficient (Wildman–Crippen LogP) is 5.65. The minimum absolute atomic E-state index is 0.0714. The maximum Gasteiger partial charge on any atom is 0.182 e. The van der Waals surface area contributed by atoms with Crippen LogP contribution >= 0.6 is 23.2 Å². The van der Waals surface area contributed by atoms with Crippen LogP contribution in [0.4, 0.5) is 0 Å². The molecule has 0 bridgehead atoms. The molecule has 2 aromatic rings. The van der Waals surface area contributed by atoms with Gasteiger partial charge in [-0.05, 0) is 66.5 Å². The lowest BCUT2D eigenvalue weighted by Gasteiger charge is -2.25. The van der Waals surface area contributed by atoms with Crippen LogP contribution in [0.15, 0.2) is 65.8 Å². The molecule has 0 aromatic heterocycles. The van der Waals surface area contributed by atoms with Crippen molar-refractivity contribution in [1.29, 1.82) is 0 Å². The maximum atomic E-state index is 12.7. The van der Waals surface area contributed by atoms with E-state index in [-0.39, 0.29) is 17.5 Å². The number of rotatable bonds is 3. The van der Waals surface area contributed by atoms with Crippen LogP contribution in [0.2, 0.25) is 10.0 Å². The summed E-state index contributed by atoms with van der Waals surface area (Å²) in [6.07, 6.45) is 3.82. The Morgan fingerprint density at radius 2 is 1.56 bits per heavy atom. The molecule has 0 radical (unpaired) electrons. The van der Waals surface area contributed by atoms with Crippen LogP contribution in [0.1, 0.15) is 30.4 Å². The minimum Gasteiger partial charge on any atom is -0.295 e. The van der Waals surface area contributed by atoms with Crippen LogP contribution in [0.3, 0.4) is 0 Å². The third kappa shape index (κ3) is 4.09. The molecule has 0 saturated heterocycles. The van der Waals surface area contributed by atoms with Crippen molar-refractivity contribution in [3.05, 3.63) is 86.9 Å². The normalized spacial score (nSPS) is 19.0. The smallest absolute Gasteiger partial charge is 0.182 e. The molecule has 0 N–H and O–H groups in total. The Labute approximate surface area is 156 Å². The zero-order chi connectivity index (χ0) is 18.0. The molecule has 1 aliphatic carbocycles. The van der Waals surface area contributed by atoms with Gasteiger partial charge in [0.1, 0.15) is 0 Å². The molecule has 3 rings (SSSR count). The minimum atomic E-state index is -0.177. The lowest BCUT2D eigenvalue weighted by atomic mass is 9.77. The number of halogens is 2. The van der Waals surface area contributed by atoms with Crippen LogP contribution in [0.5, 0.6) is 0 Å². The van der Waals surface area contributed by atoms with Gasteiger partial charge in [0, 0.05) is 21.5 Å². The van der Waals surface area contributed by atoms with E-state index in [1.807, 2.05) is 30.3 Å². The fraction of sp³-hybridized carbons (Fsp3) is 0.143. The molecule has 0 amide bonds. The molecule has 0 heterocycles. The van der Waals surface area contributed by atoms with Crippen LogP contribution in [0, 0.1) is 0 Å². The number of allylic oxidation sites excluding steroid dienone is 3. The Hall–Kier alpha value is -2.16. The fourth-order valence-corrected chi connectivity index (χ4v) is 3.20. The molecule has 0 fully saturated rings. The van der Waals surface area contributed by atoms with Gasteiger partial charge in [-0.25, -0.2) is 0 Å². The summed E-state index contributed by atoms with van der Waals surface area (Å²) in [6.45, 7) is 1.49.